The first-order valence-corrected chi connectivity index (χ1v) is 10.2. The molecule has 0 spiro atoms. The standard InChI is InChI=1S/C25H26N2O4/c1-2-30-17-18-31-22-16-10-9-15-21(22)24(28)26-27-25(29)23(19-11-5-3-6-12-19)20-13-7-4-8-14-20/h3-16,23H,2,17-18H2,1H3,(H,26,28)(H,27,29). The van der Waals surface area contributed by atoms with Crippen LogP contribution in [0.5, 0.6) is 5.75 Å². The maximum atomic E-state index is 13.0. The van der Waals surface area contributed by atoms with E-state index in [1.807, 2.05) is 67.6 Å². The number of para-hydroxylation sites is 1. The number of carbonyl (C=O) groups is 2. The van der Waals surface area contributed by atoms with Crippen molar-refractivity contribution in [3.05, 3.63) is 102 Å². The molecule has 0 aliphatic heterocycles. The highest BCUT2D eigenvalue weighted by Gasteiger charge is 2.23. The van der Waals surface area contributed by atoms with Crippen LogP contribution < -0.4 is 15.6 Å². The maximum Gasteiger partial charge on any atom is 0.273 e. The molecule has 0 saturated heterocycles. The number of benzene rings is 3. The lowest BCUT2D eigenvalue weighted by molar-refractivity contribution is -0.122. The molecule has 3 rings (SSSR count). The number of nitrogens with one attached hydrogen (secondary N) is 2. The van der Waals surface area contributed by atoms with E-state index in [-0.39, 0.29) is 5.91 Å². The van der Waals surface area contributed by atoms with Crippen molar-refractivity contribution in [3.8, 4) is 5.75 Å². The van der Waals surface area contributed by atoms with Gasteiger partial charge in [0.1, 0.15) is 12.4 Å². The third-order valence-electron chi connectivity index (χ3n) is 4.65. The predicted octanol–water partition coefficient (Wildman–Crippen LogP) is 3.70. The second-order valence-corrected chi connectivity index (χ2v) is 6.74. The Morgan fingerprint density at radius 3 is 1.97 bits per heavy atom. The van der Waals surface area contributed by atoms with Crippen LogP contribution in [0.25, 0.3) is 0 Å². The summed E-state index contributed by atoms with van der Waals surface area (Å²) in [6, 6.07) is 25.8. The lowest BCUT2D eigenvalue weighted by Gasteiger charge is -2.18. The SMILES string of the molecule is CCOCCOc1ccccc1C(=O)NNC(=O)C(c1ccccc1)c1ccccc1. The molecule has 0 radical (unpaired) electrons. The average molecular weight is 418 g/mol. The fourth-order valence-electron chi connectivity index (χ4n) is 3.18. The Bertz CT molecular complexity index is 938. The minimum absolute atomic E-state index is 0.328. The van der Waals surface area contributed by atoms with Gasteiger partial charge in [-0.15, -0.1) is 0 Å². The van der Waals surface area contributed by atoms with E-state index in [1.165, 1.54) is 0 Å². The Morgan fingerprint density at radius 2 is 1.35 bits per heavy atom. The number of hydrogen-bond donors (Lipinski definition) is 2. The molecule has 0 aromatic heterocycles. The number of amides is 2. The van der Waals surface area contributed by atoms with Crippen molar-refractivity contribution in [1.82, 2.24) is 10.9 Å². The zero-order valence-electron chi connectivity index (χ0n) is 17.4. The maximum absolute atomic E-state index is 13.0. The van der Waals surface area contributed by atoms with Crippen molar-refractivity contribution in [2.75, 3.05) is 19.8 Å². The largest absolute Gasteiger partial charge is 0.490 e. The van der Waals surface area contributed by atoms with E-state index in [4.69, 9.17) is 9.47 Å². The third-order valence-corrected chi connectivity index (χ3v) is 4.65. The Hall–Kier alpha value is -3.64. The van der Waals surface area contributed by atoms with Crippen LogP contribution in [0.2, 0.25) is 0 Å². The topological polar surface area (TPSA) is 76.7 Å². The first-order valence-electron chi connectivity index (χ1n) is 10.2. The zero-order valence-corrected chi connectivity index (χ0v) is 17.4. The van der Waals surface area contributed by atoms with Gasteiger partial charge in [0.05, 0.1) is 18.1 Å². The van der Waals surface area contributed by atoms with Gasteiger partial charge in [0, 0.05) is 6.61 Å². The molecule has 6 nitrogen and oxygen atoms in total. The van der Waals surface area contributed by atoms with Gasteiger partial charge < -0.3 is 9.47 Å². The number of hydrazine groups is 1. The molecule has 0 unspecified atom stereocenters. The van der Waals surface area contributed by atoms with Crippen molar-refractivity contribution in [1.29, 1.82) is 0 Å². The molecule has 0 aliphatic carbocycles. The van der Waals surface area contributed by atoms with Gasteiger partial charge in [0.2, 0.25) is 5.91 Å². The van der Waals surface area contributed by atoms with Crippen LogP contribution in [0.4, 0.5) is 0 Å². The fraction of sp³-hybridized carbons (Fsp3) is 0.200. The Labute approximate surface area is 182 Å². The molecule has 3 aromatic rings. The Balaban J connectivity index is 1.69. The molecule has 0 fully saturated rings. The van der Waals surface area contributed by atoms with Gasteiger partial charge in [0.15, 0.2) is 0 Å². The summed E-state index contributed by atoms with van der Waals surface area (Å²) in [6.45, 7) is 3.26. The summed E-state index contributed by atoms with van der Waals surface area (Å²) >= 11 is 0. The molecule has 2 amide bonds. The Morgan fingerprint density at radius 1 is 0.774 bits per heavy atom. The molecule has 6 heteroatoms. The number of carbonyl (C=O) groups excluding carboxylic acids is 2. The van der Waals surface area contributed by atoms with Crippen LogP contribution in [0, 0.1) is 0 Å². The summed E-state index contributed by atoms with van der Waals surface area (Å²) in [5.74, 6) is -0.919. The summed E-state index contributed by atoms with van der Waals surface area (Å²) in [6.07, 6.45) is 0. The number of ether oxygens (including phenoxy) is 2. The van der Waals surface area contributed by atoms with Crippen molar-refractivity contribution in [2.24, 2.45) is 0 Å². The van der Waals surface area contributed by atoms with E-state index in [0.717, 1.165) is 11.1 Å². The highest BCUT2D eigenvalue weighted by Crippen LogP contribution is 2.24. The summed E-state index contributed by atoms with van der Waals surface area (Å²) in [7, 11) is 0. The van der Waals surface area contributed by atoms with E-state index in [0.29, 0.717) is 31.1 Å². The lowest BCUT2D eigenvalue weighted by atomic mass is 9.91. The second-order valence-electron chi connectivity index (χ2n) is 6.74. The smallest absolute Gasteiger partial charge is 0.273 e. The van der Waals surface area contributed by atoms with Crippen molar-refractivity contribution >= 4 is 11.8 Å². The van der Waals surface area contributed by atoms with E-state index < -0.39 is 11.8 Å². The molecule has 0 saturated carbocycles. The second kappa shape index (κ2) is 11.5. The van der Waals surface area contributed by atoms with Gasteiger partial charge in [0.25, 0.3) is 5.91 Å². The summed E-state index contributed by atoms with van der Waals surface area (Å²) < 4.78 is 10.9. The minimum atomic E-state index is -0.555. The quantitative estimate of drug-likeness (QED) is 0.410. The molecule has 0 bridgehead atoms. The van der Waals surface area contributed by atoms with Gasteiger partial charge in [-0.3, -0.25) is 20.4 Å². The first-order chi connectivity index (χ1) is 15.2. The molecular formula is C25H26N2O4. The summed E-state index contributed by atoms with van der Waals surface area (Å²) in [4.78, 5) is 25.8. The monoisotopic (exact) mass is 418 g/mol. The number of rotatable bonds is 9. The molecule has 31 heavy (non-hydrogen) atoms. The highest BCUT2D eigenvalue weighted by atomic mass is 16.5. The van der Waals surface area contributed by atoms with Crippen LogP contribution in [0.3, 0.4) is 0 Å². The lowest BCUT2D eigenvalue weighted by Crippen LogP contribution is -2.44. The molecule has 160 valence electrons. The third kappa shape index (κ3) is 6.17. The van der Waals surface area contributed by atoms with Crippen LogP contribution in [0.15, 0.2) is 84.9 Å². The van der Waals surface area contributed by atoms with Crippen molar-refractivity contribution in [2.45, 2.75) is 12.8 Å². The molecule has 0 atom stereocenters. The first kappa shape index (κ1) is 22.1. The van der Waals surface area contributed by atoms with Gasteiger partial charge in [-0.05, 0) is 30.2 Å². The van der Waals surface area contributed by atoms with E-state index in [2.05, 4.69) is 10.9 Å². The van der Waals surface area contributed by atoms with Crippen LogP contribution in [0.1, 0.15) is 34.3 Å². The molecule has 0 aliphatic rings. The molecular weight excluding hydrogens is 392 g/mol. The normalized spacial score (nSPS) is 10.5. The highest BCUT2D eigenvalue weighted by molar-refractivity contribution is 5.98. The van der Waals surface area contributed by atoms with Crippen molar-refractivity contribution in [3.63, 3.8) is 0 Å². The minimum Gasteiger partial charge on any atom is -0.490 e. The van der Waals surface area contributed by atoms with Gasteiger partial charge in [-0.1, -0.05) is 72.8 Å². The summed E-state index contributed by atoms with van der Waals surface area (Å²) in [5.41, 5.74) is 7.07. The molecule has 3 aromatic carbocycles. The van der Waals surface area contributed by atoms with Gasteiger partial charge >= 0.3 is 0 Å². The molecule has 2 N–H and O–H groups in total. The van der Waals surface area contributed by atoms with Crippen LogP contribution >= 0.6 is 0 Å². The van der Waals surface area contributed by atoms with E-state index in [1.54, 1.807) is 24.3 Å². The molecule has 0 heterocycles. The predicted molar refractivity (Wildman–Crippen MR) is 119 cm³/mol. The van der Waals surface area contributed by atoms with Crippen LogP contribution in [-0.2, 0) is 9.53 Å². The number of hydrogen-bond acceptors (Lipinski definition) is 4. The van der Waals surface area contributed by atoms with Gasteiger partial charge in [-0.2, -0.15) is 0 Å². The van der Waals surface area contributed by atoms with E-state index >= 15 is 0 Å². The Kier molecular flexibility index (Phi) is 8.20. The van der Waals surface area contributed by atoms with Crippen molar-refractivity contribution < 1.29 is 19.1 Å². The summed E-state index contributed by atoms with van der Waals surface area (Å²) in [5, 5.41) is 0. The van der Waals surface area contributed by atoms with E-state index in [9.17, 15) is 9.59 Å². The zero-order chi connectivity index (χ0) is 21.9. The van der Waals surface area contributed by atoms with Crippen LogP contribution in [-0.4, -0.2) is 31.6 Å². The fourth-order valence-corrected chi connectivity index (χ4v) is 3.18. The average Bonchev–Trinajstić information content (AvgIpc) is 2.82. The van der Waals surface area contributed by atoms with Gasteiger partial charge in [-0.25, -0.2) is 0 Å².